The highest BCUT2D eigenvalue weighted by Crippen LogP contribution is 2.33. The highest BCUT2D eigenvalue weighted by Gasteiger charge is 2.22. The van der Waals surface area contributed by atoms with Crippen molar-refractivity contribution in [2.24, 2.45) is 5.92 Å². The number of halogens is 3. The third-order valence-electron chi connectivity index (χ3n) is 2.94. The van der Waals surface area contributed by atoms with E-state index in [1.807, 2.05) is 7.05 Å². The largest absolute Gasteiger partial charge is 0.319 e. The molecule has 1 aliphatic heterocycles. The number of nitrogens with zero attached hydrogens (tertiary/aromatic N) is 1. The van der Waals surface area contributed by atoms with Crippen molar-refractivity contribution in [3.05, 3.63) is 19.8 Å². The zero-order valence-electron chi connectivity index (χ0n) is 9.71. The van der Waals surface area contributed by atoms with Gasteiger partial charge in [-0.2, -0.15) is 0 Å². The predicted molar refractivity (Wildman–Crippen MR) is 81.6 cm³/mol. The third kappa shape index (κ3) is 4.37. The second kappa shape index (κ2) is 7.31. The van der Waals surface area contributed by atoms with Crippen LogP contribution in [-0.2, 0) is 6.54 Å². The molecule has 6 heteroatoms. The fourth-order valence-corrected chi connectivity index (χ4v) is 4.03. The first-order valence-corrected chi connectivity index (χ1v) is 7.48. The Hall–Kier alpha value is 0.680. The van der Waals surface area contributed by atoms with Crippen LogP contribution >= 0.6 is 51.3 Å². The van der Waals surface area contributed by atoms with Gasteiger partial charge in [-0.15, -0.1) is 23.7 Å². The lowest BCUT2D eigenvalue weighted by molar-refractivity contribution is 0.318. The molecule has 17 heavy (non-hydrogen) atoms. The number of rotatable bonds is 4. The van der Waals surface area contributed by atoms with E-state index >= 15 is 0 Å². The van der Waals surface area contributed by atoms with Crippen LogP contribution in [0.3, 0.4) is 0 Å². The van der Waals surface area contributed by atoms with Gasteiger partial charge in [0, 0.05) is 22.4 Å². The van der Waals surface area contributed by atoms with Gasteiger partial charge in [-0.05, 0) is 54.5 Å². The van der Waals surface area contributed by atoms with Gasteiger partial charge < -0.3 is 5.32 Å². The fraction of sp³-hybridized carbons (Fsp3) is 0.636. The summed E-state index contributed by atoms with van der Waals surface area (Å²) in [5, 5.41) is 3.25. The molecule has 1 unspecified atom stereocenters. The molecular formula is C11H17BrCl2N2S. The van der Waals surface area contributed by atoms with E-state index in [1.165, 1.54) is 24.4 Å². The van der Waals surface area contributed by atoms with Gasteiger partial charge in [0.15, 0.2) is 0 Å². The number of likely N-dealkylation sites (tertiary alicyclic amines) is 1. The maximum atomic E-state index is 6.04. The molecule has 1 N–H and O–H groups in total. The number of hydrogen-bond donors (Lipinski definition) is 1. The lowest BCUT2D eigenvalue weighted by Gasteiger charge is -2.14. The van der Waals surface area contributed by atoms with Crippen molar-refractivity contribution in [1.82, 2.24) is 10.2 Å². The van der Waals surface area contributed by atoms with E-state index in [2.05, 4.69) is 32.2 Å². The second-order valence-corrected chi connectivity index (χ2v) is 6.88. The SMILES string of the molecule is CNCC1CCN(Cc2cc(Br)c(Cl)s2)C1.Cl. The summed E-state index contributed by atoms with van der Waals surface area (Å²) in [4.78, 5) is 3.86. The maximum absolute atomic E-state index is 6.04. The summed E-state index contributed by atoms with van der Waals surface area (Å²) >= 11 is 11.2. The van der Waals surface area contributed by atoms with Crippen LogP contribution in [0.2, 0.25) is 4.34 Å². The topological polar surface area (TPSA) is 15.3 Å². The lowest BCUT2D eigenvalue weighted by Crippen LogP contribution is -2.24. The standard InChI is InChI=1S/C11H16BrClN2S.ClH/c1-14-5-8-2-3-15(6-8)7-9-4-10(12)11(13)16-9;/h4,8,14H,2-3,5-7H2,1H3;1H. The Morgan fingerprint density at radius 3 is 3.00 bits per heavy atom. The molecule has 1 aromatic rings. The van der Waals surface area contributed by atoms with Crippen molar-refractivity contribution in [1.29, 1.82) is 0 Å². The predicted octanol–water partition coefficient (Wildman–Crippen LogP) is 3.63. The van der Waals surface area contributed by atoms with Crippen LogP contribution in [0, 0.1) is 5.92 Å². The van der Waals surface area contributed by atoms with E-state index in [0.29, 0.717) is 0 Å². The molecule has 0 aliphatic carbocycles. The first kappa shape index (κ1) is 15.7. The molecule has 2 nitrogen and oxygen atoms in total. The maximum Gasteiger partial charge on any atom is 0.107 e. The van der Waals surface area contributed by atoms with Crippen molar-refractivity contribution in [3.8, 4) is 0 Å². The number of nitrogens with one attached hydrogen (secondary N) is 1. The van der Waals surface area contributed by atoms with Crippen molar-refractivity contribution >= 4 is 51.3 Å². The lowest BCUT2D eigenvalue weighted by atomic mass is 10.1. The van der Waals surface area contributed by atoms with Gasteiger partial charge in [0.2, 0.25) is 0 Å². The summed E-state index contributed by atoms with van der Waals surface area (Å²) in [6, 6.07) is 2.14. The minimum absolute atomic E-state index is 0. The monoisotopic (exact) mass is 358 g/mol. The van der Waals surface area contributed by atoms with Crippen LogP contribution < -0.4 is 5.32 Å². The van der Waals surface area contributed by atoms with Crippen molar-refractivity contribution < 1.29 is 0 Å². The van der Waals surface area contributed by atoms with Crippen molar-refractivity contribution in [3.63, 3.8) is 0 Å². The Morgan fingerprint density at radius 2 is 2.41 bits per heavy atom. The molecule has 1 aliphatic rings. The molecule has 0 amide bonds. The van der Waals surface area contributed by atoms with Gasteiger partial charge in [0.25, 0.3) is 0 Å². The smallest absolute Gasteiger partial charge is 0.107 e. The molecule has 98 valence electrons. The molecule has 0 aromatic carbocycles. The van der Waals surface area contributed by atoms with Crippen LogP contribution in [0.15, 0.2) is 10.5 Å². The van der Waals surface area contributed by atoms with Crippen LogP contribution in [0.1, 0.15) is 11.3 Å². The molecule has 0 saturated carbocycles. The normalized spacial score (nSPS) is 20.5. The molecule has 1 fully saturated rings. The summed E-state index contributed by atoms with van der Waals surface area (Å²) in [5.41, 5.74) is 0. The van der Waals surface area contributed by atoms with E-state index in [4.69, 9.17) is 11.6 Å². The van der Waals surface area contributed by atoms with Gasteiger partial charge in [0.1, 0.15) is 4.34 Å². The molecule has 0 radical (unpaired) electrons. The Kier molecular flexibility index (Phi) is 6.77. The summed E-state index contributed by atoms with van der Waals surface area (Å²) in [6.45, 7) is 4.58. The summed E-state index contributed by atoms with van der Waals surface area (Å²) < 4.78 is 1.89. The summed E-state index contributed by atoms with van der Waals surface area (Å²) in [5.74, 6) is 0.809. The van der Waals surface area contributed by atoms with Gasteiger partial charge in [-0.3, -0.25) is 4.90 Å². The highest BCUT2D eigenvalue weighted by atomic mass is 79.9. The molecule has 0 spiro atoms. The van der Waals surface area contributed by atoms with E-state index < -0.39 is 0 Å². The Balaban J connectivity index is 0.00000144. The zero-order chi connectivity index (χ0) is 11.5. The van der Waals surface area contributed by atoms with Crippen LogP contribution in [0.25, 0.3) is 0 Å². The third-order valence-corrected chi connectivity index (χ3v) is 5.40. The average Bonchev–Trinajstić information content (AvgIpc) is 2.77. The van der Waals surface area contributed by atoms with E-state index in [9.17, 15) is 0 Å². The quantitative estimate of drug-likeness (QED) is 0.882. The van der Waals surface area contributed by atoms with Crippen LogP contribution in [0.4, 0.5) is 0 Å². The Labute approximate surface area is 126 Å². The molecule has 2 heterocycles. The molecule has 1 aromatic heterocycles. The summed E-state index contributed by atoms with van der Waals surface area (Å²) in [7, 11) is 2.03. The van der Waals surface area contributed by atoms with E-state index in [-0.39, 0.29) is 12.4 Å². The van der Waals surface area contributed by atoms with Gasteiger partial charge in [0.05, 0.1) is 0 Å². The Morgan fingerprint density at radius 1 is 1.65 bits per heavy atom. The van der Waals surface area contributed by atoms with Crippen molar-refractivity contribution in [2.45, 2.75) is 13.0 Å². The molecule has 1 atom stereocenters. The summed E-state index contributed by atoms with van der Waals surface area (Å²) in [6.07, 6.45) is 1.31. The van der Waals surface area contributed by atoms with E-state index in [0.717, 1.165) is 27.8 Å². The molecule has 1 saturated heterocycles. The fourth-order valence-electron chi connectivity index (χ4n) is 2.20. The van der Waals surface area contributed by atoms with Gasteiger partial charge in [-0.25, -0.2) is 0 Å². The molecule has 0 bridgehead atoms. The van der Waals surface area contributed by atoms with Gasteiger partial charge in [-0.1, -0.05) is 11.6 Å². The minimum Gasteiger partial charge on any atom is -0.319 e. The number of hydrogen-bond acceptors (Lipinski definition) is 3. The van der Waals surface area contributed by atoms with Crippen LogP contribution in [0.5, 0.6) is 0 Å². The van der Waals surface area contributed by atoms with Crippen molar-refractivity contribution in [2.75, 3.05) is 26.7 Å². The minimum atomic E-state index is 0. The van der Waals surface area contributed by atoms with Crippen LogP contribution in [-0.4, -0.2) is 31.6 Å². The molecule has 2 rings (SSSR count). The zero-order valence-corrected chi connectivity index (χ0v) is 13.7. The first-order valence-electron chi connectivity index (χ1n) is 5.49. The van der Waals surface area contributed by atoms with Gasteiger partial charge >= 0.3 is 0 Å². The second-order valence-electron chi connectivity index (χ2n) is 4.28. The Bertz CT molecular complexity index is 340. The average molecular weight is 360 g/mol. The van der Waals surface area contributed by atoms with E-state index in [1.54, 1.807) is 11.3 Å². The highest BCUT2D eigenvalue weighted by molar-refractivity contribution is 9.10. The number of thiophene rings is 1. The molecular weight excluding hydrogens is 343 g/mol. The first-order chi connectivity index (χ1) is 7.69.